The van der Waals surface area contributed by atoms with Crippen molar-refractivity contribution < 1.29 is 9.18 Å². The molecule has 4 nitrogen and oxygen atoms in total. The van der Waals surface area contributed by atoms with E-state index < -0.39 is 17.8 Å². The molecule has 0 aliphatic rings. The molecule has 5 N–H and O–H groups in total. The van der Waals surface area contributed by atoms with E-state index in [1.807, 2.05) is 0 Å². The monoisotopic (exact) mass is 197 g/mol. The SMILES string of the molecule is NCC(N)C(=O)Nc1ccccc1F. The predicted octanol–water partition coefficient (Wildman–Crippen LogP) is 0.0502. The molecule has 1 aromatic carbocycles. The number of nitrogens with two attached hydrogens (primary N) is 2. The Balaban J connectivity index is 2.70. The van der Waals surface area contributed by atoms with E-state index in [0.717, 1.165) is 0 Å². The molecule has 1 rings (SSSR count). The van der Waals surface area contributed by atoms with Gasteiger partial charge in [0, 0.05) is 6.54 Å². The number of rotatable bonds is 3. The van der Waals surface area contributed by atoms with Crippen molar-refractivity contribution in [2.24, 2.45) is 11.5 Å². The molecule has 1 atom stereocenters. The maximum absolute atomic E-state index is 13.0. The lowest BCUT2D eigenvalue weighted by atomic mass is 10.2. The highest BCUT2D eigenvalue weighted by molar-refractivity contribution is 5.94. The number of benzene rings is 1. The van der Waals surface area contributed by atoms with E-state index in [2.05, 4.69) is 5.32 Å². The van der Waals surface area contributed by atoms with Crippen LogP contribution in [0.2, 0.25) is 0 Å². The van der Waals surface area contributed by atoms with Crippen LogP contribution >= 0.6 is 0 Å². The molecule has 0 fully saturated rings. The zero-order chi connectivity index (χ0) is 10.6. The van der Waals surface area contributed by atoms with E-state index in [1.54, 1.807) is 6.07 Å². The Morgan fingerprint density at radius 3 is 2.71 bits per heavy atom. The molecule has 0 heterocycles. The molecule has 0 aromatic heterocycles. The Morgan fingerprint density at radius 1 is 1.50 bits per heavy atom. The molecule has 5 heteroatoms. The standard InChI is InChI=1S/C9H12FN3O/c10-6-3-1-2-4-8(6)13-9(14)7(12)5-11/h1-4,7H,5,11-12H2,(H,13,14). The minimum Gasteiger partial charge on any atom is -0.328 e. The van der Waals surface area contributed by atoms with E-state index >= 15 is 0 Å². The molecule has 0 aliphatic heterocycles. The number of hydrogen-bond donors (Lipinski definition) is 3. The normalized spacial score (nSPS) is 12.2. The van der Waals surface area contributed by atoms with Crippen molar-refractivity contribution in [2.75, 3.05) is 11.9 Å². The van der Waals surface area contributed by atoms with Crippen LogP contribution in [0.4, 0.5) is 10.1 Å². The molecule has 0 spiro atoms. The number of para-hydroxylation sites is 1. The van der Waals surface area contributed by atoms with E-state index in [1.165, 1.54) is 18.2 Å². The Kier molecular flexibility index (Phi) is 3.55. The third kappa shape index (κ3) is 2.51. The zero-order valence-electron chi connectivity index (χ0n) is 7.53. The summed E-state index contributed by atoms with van der Waals surface area (Å²) >= 11 is 0. The molecule has 1 unspecified atom stereocenters. The lowest BCUT2D eigenvalue weighted by molar-refractivity contribution is -0.117. The highest BCUT2D eigenvalue weighted by Gasteiger charge is 2.12. The topological polar surface area (TPSA) is 81.1 Å². The molecule has 1 aromatic rings. The quantitative estimate of drug-likeness (QED) is 0.640. The first-order valence-corrected chi connectivity index (χ1v) is 4.16. The van der Waals surface area contributed by atoms with Gasteiger partial charge in [-0.25, -0.2) is 4.39 Å². The van der Waals surface area contributed by atoms with Gasteiger partial charge in [-0.05, 0) is 12.1 Å². The number of carbonyl (C=O) groups excluding carboxylic acids is 1. The third-order valence-electron chi connectivity index (χ3n) is 1.72. The second kappa shape index (κ2) is 4.69. The van der Waals surface area contributed by atoms with Crippen LogP contribution in [0.3, 0.4) is 0 Å². The third-order valence-corrected chi connectivity index (χ3v) is 1.72. The Bertz CT molecular complexity index is 330. The summed E-state index contributed by atoms with van der Waals surface area (Å²) in [5.74, 6) is -0.984. The van der Waals surface area contributed by atoms with Crippen LogP contribution in [0.25, 0.3) is 0 Å². The van der Waals surface area contributed by atoms with Gasteiger partial charge < -0.3 is 16.8 Å². The van der Waals surface area contributed by atoms with Gasteiger partial charge in [-0.15, -0.1) is 0 Å². The second-order valence-corrected chi connectivity index (χ2v) is 2.81. The van der Waals surface area contributed by atoms with Crippen molar-refractivity contribution in [1.29, 1.82) is 0 Å². The molecular weight excluding hydrogens is 185 g/mol. The van der Waals surface area contributed by atoms with Gasteiger partial charge in [-0.1, -0.05) is 12.1 Å². The summed E-state index contributed by atoms with van der Waals surface area (Å²) in [7, 11) is 0. The van der Waals surface area contributed by atoms with Gasteiger partial charge >= 0.3 is 0 Å². The molecule has 0 saturated heterocycles. The van der Waals surface area contributed by atoms with Crippen LogP contribution < -0.4 is 16.8 Å². The number of carbonyl (C=O) groups is 1. The number of amides is 1. The van der Waals surface area contributed by atoms with Crippen LogP contribution in [-0.2, 0) is 4.79 Å². The summed E-state index contributed by atoms with van der Waals surface area (Å²) in [4.78, 5) is 11.2. The average Bonchev–Trinajstić information content (AvgIpc) is 2.20. The lowest BCUT2D eigenvalue weighted by Crippen LogP contribution is -2.41. The largest absolute Gasteiger partial charge is 0.328 e. The average molecular weight is 197 g/mol. The highest BCUT2D eigenvalue weighted by atomic mass is 19.1. The molecule has 0 bridgehead atoms. The first-order valence-electron chi connectivity index (χ1n) is 4.16. The van der Waals surface area contributed by atoms with Gasteiger partial charge in [0.15, 0.2) is 0 Å². The fourth-order valence-electron chi connectivity index (χ4n) is 0.895. The lowest BCUT2D eigenvalue weighted by Gasteiger charge is -2.10. The van der Waals surface area contributed by atoms with Gasteiger partial charge in [-0.2, -0.15) is 0 Å². The molecule has 1 amide bonds. The van der Waals surface area contributed by atoms with Crippen LogP contribution in [0, 0.1) is 5.82 Å². The van der Waals surface area contributed by atoms with Crippen LogP contribution in [0.1, 0.15) is 0 Å². The van der Waals surface area contributed by atoms with E-state index in [4.69, 9.17) is 11.5 Å². The Labute approximate surface area is 81.1 Å². The summed E-state index contributed by atoms with van der Waals surface area (Å²) in [6, 6.07) is 5.05. The second-order valence-electron chi connectivity index (χ2n) is 2.81. The Morgan fingerprint density at radius 2 is 2.14 bits per heavy atom. The number of nitrogens with one attached hydrogen (secondary N) is 1. The molecule has 0 aliphatic carbocycles. The molecular formula is C9H12FN3O. The highest BCUT2D eigenvalue weighted by Crippen LogP contribution is 2.12. The summed E-state index contributed by atoms with van der Waals surface area (Å²) in [6.07, 6.45) is 0. The minimum absolute atomic E-state index is 0.0281. The first kappa shape index (κ1) is 10.6. The number of anilines is 1. The maximum atomic E-state index is 13.0. The van der Waals surface area contributed by atoms with Gasteiger partial charge in [0.1, 0.15) is 5.82 Å². The van der Waals surface area contributed by atoms with Crippen LogP contribution in [-0.4, -0.2) is 18.5 Å². The number of hydrogen-bond acceptors (Lipinski definition) is 3. The minimum atomic E-state index is -0.811. The van der Waals surface area contributed by atoms with E-state index in [0.29, 0.717) is 0 Å². The van der Waals surface area contributed by atoms with Gasteiger partial charge in [-0.3, -0.25) is 4.79 Å². The Hall–Kier alpha value is -1.46. The van der Waals surface area contributed by atoms with Crippen LogP contribution in [0.5, 0.6) is 0 Å². The smallest absolute Gasteiger partial charge is 0.242 e. The van der Waals surface area contributed by atoms with Gasteiger partial charge in [0.25, 0.3) is 0 Å². The van der Waals surface area contributed by atoms with Crippen molar-refractivity contribution in [1.82, 2.24) is 0 Å². The van der Waals surface area contributed by atoms with Crippen LogP contribution in [0.15, 0.2) is 24.3 Å². The van der Waals surface area contributed by atoms with Crippen molar-refractivity contribution in [2.45, 2.75) is 6.04 Å². The van der Waals surface area contributed by atoms with Gasteiger partial charge in [0.2, 0.25) is 5.91 Å². The van der Waals surface area contributed by atoms with Crippen molar-refractivity contribution >= 4 is 11.6 Å². The number of halogens is 1. The molecule has 0 radical (unpaired) electrons. The van der Waals surface area contributed by atoms with E-state index in [-0.39, 0.29) is 12.2 Å². The van der Waals surface area contributed by atoms with Crippen molar-refractivity contribution in [3.63, 3.8) is 0 Å². The zero-order valence-corrected chi connectivity index (χ0v) is 7.53. The fraction of sp³-hybridized carbons (Fsp3) is 0.222. The predicted molar refractivity (Wildman–Crippen MR) is 52.1 cm³/mol. The summed E-state index contributed by atoms with van der Waals surface area (Å²) in [6.45, 7) is 0.0281. The first-order chi connectivity index (χ1) is 6.65. The van der Waals surface area contributed by atoms with Gasteiger partial charge in [0.05, 0.1) is 11.7 Å². The maximum Gasteiger partial charge on any atom is 0.242 e. The summed E-state index contributed by atoms with van der Waals surface area (Å²) < 4.78 is 13.0. The van der Waals surface area contributed by atoms with Crippen molar-refractivity contribution in [3.05, 3.63) is 30.1 Å². The summed E-state index contributed by atoms with van der Waals surface area (Å²) in [5.41, 5.74) is 10.7. The van der Waals surface area contributed by atoms with Crippen molar-refractivity contribution in [3.8, 4) is 0 Å². The fourth-order valence-corrected chi connectivity index (χ4v) is 0.895. The molecule has 0 saturated carbocycles. The van der Waals surface area contributed by atoms with E-state index in [9.17, 15) is 9.18 Å². The molecule has 14 heavy (non-hydrogen) atoms. The molecule has 76 valence electrons. The summed E-state index contributed by atoms with van der Waals surface area (Å²) in [5, 5.41) is 2.34.